The van der Waals surface area contributed by atoms with Gasteiger partial charge < -0.3 is 10.2 Å². The van der Waals surface area contributed by atoms with Crippen LogP contribution < -0.4 is 10.2 Å². The summed E-state index contributed by atoms with van der Waals surface area (Å²) < 4.78 is 12.6. The number of rotatable bonds is 3. The third-order valence-corrected chi connectivity index (χ3v) is 2.60. The molecule has 4 nitrogen and oxygen atoms in total. The third kappa shape index (κ3) is 3.28. The zero-order valence-corrected chi connectivity index (χ0v) is 10.0. The Hall–Kier alpha value is -0.940. The van der Waals surface area contributed by atoms with Gasteiger partial charge in [0.25, 0.3) is 0 Å². The molecule has 1 aliphatic rings. The maximum atomic E-state index is 12.6. The number of likely N-dealkylation sites (N-methyl/N-ethyl adjacent to an activating group) is 1. The van der Waals surface area contributed by atoms with E-state index in [1.54, 1.807) is 0 Å². The first kappa shape index (κ1) is 13.1. The first-order chi connectivity index (χ1) is 7.25. The van der Waals surface area contributed by atoms with Gasteiger partial charge in [0.15, 0.2) is 5.82 Å². The van der Waals surface area contributed by atoms with E-state index in [2.05, 4.69) is 15.3 Å². The zero-order valence-electron chi connectivity index (χ0n) is 9.19. The summed E-state index contributed by atoms with van der Waals surface area (Å²) in [6, 6.07) is 0.503. The fraction of sp³-hybridized carbons (Fsp3) is 0.600. The number of anilines is 1. The normalized spacial score (nSPS) is 19.2. The highest BCUT2D eigenvalue weighted by atomic mass is 35.5. The molecule has 1 atom stereocenters. The first-order valence-electron chi connectivity index (χ1n) is 5.18. The van der Waals surface area contributed by atoms with Crippen molar-refractivity contribution in [1.82, 2.24) is 15.3 Å². The van der Waals surface area contributed by atoms with Crippen LogP contribution >= 0.6 is 12.4 Å². The largest absolute Gasteiger partial charge is 0.342 e. The monoisotopic (exact) mass is 246 g/mol. The molecule has 2 rings (SSSR count). The number of nitrogens with one attached hydrogen (secondary N) is 1. The molecule has 1 aliphatic heterocycles. The smallest absolute Gasteiger partial charge is 0.225 e. The Balaban J connectivity index is 0.00000128. The molecule has 1 aromatic rings. The highest BCUT2D eigenvalue weighted by Gasteiger charge is 2.16. The minimum absolute atomic E-state index is 0. The van der Waals surface area contributed by atoms with Crippen LogP contribution in [0.25, 0.3) is 0 Å². The van der Waals surface area contributed by atoms with Gasteiger partial charge in [0, 0.05) is 19.6 Å². The number of halogens is 2. The number of hydrogen-bond acceptors (Lipinski definition) is 4. The maximum Gasteiger partial charge on any atom is 0.225 e. The summed E-state index contributed by atoms with van der Waals surface area (Å²) in [7, 11) is 1.92. The molecule has 16 heavy (non-hydrogen) atoms. The lowest BCUT2D eigenvalue weighted by Gasteiger charge is -2.20. The van der Waals surface area contributed by atoms with Crippen molar-refractivity contribution < 1.29 is 4.39 Å². The Morgan fingerprint density at radius 1 is 1.50 bits per heavy atom. The molecular weight excluding hydrogens is 231 g/mol. The second kappa shape index (κ2) is 5.96. The Kier molecular flexibility index (Phi) is 4.89. The van der Waals surface area contributed by atoms with Gasteiger partial charge in [0.2, 0.25) is 5.95 Å². The van der Waals surface area contributed by atoms with Crippen LogP contribution in [-0.2, 0) is 0 Å². The summed E-state index contributed by atoms with van der Waals surface area (Å²) >= 11 is 0. The van der Waals surface area contributed by atoms with Gasteiger partial charge in [-0.2, -0.15) is 0 Å². The van der Waals surface area contributed by atoms with Crippen LogP contribution in [0.4, 0.5) is 10.3 Å². The number of nitrogens with zero attached hydrogens (tertiary/aromatic N) is 3. The van der Waals surface area contributed by atoms with E-state index in [0.29, 0.717) is 12.0 Å². The van der Waals surface area contributed by atoms with Gasteiger partial charge in [-0.25, -0.2) is 14.4 Å². The van der Waals surface area contributed by atoms with Gasteiger partial charge in [0.05, 0.1) is 12.4 Å². The summed E-state index contributed by atoms with van der Waals surface area (Å²) in [5.41, 5.74) is 0. The van der Waals surface area contributed by atoms with Crippen molar-refractivity contribution in [2.24, 2.45) is 0 Å². The van der Waals surface area contributed by atoms with E-state index < -0.39 is 5.82 Å². The van der Waals surface area contributed by atoms with Crippen molar-refractivity contribution >= 4 is 18.4 Å². The molecule has 0 bridgehead atoms. The third-order valence-electron chi connectivity index (χ3n) is 2.60. The van der Waals surface area contributed by atoms with Gasteiger partial charge in [-0.05, 0) is 19.4 Å². The Morgan fingerprint density at radius 2 is 2.19 bits per heavy atom. The van der Waals surface area contributed by atoms with E-state index in [1.807, 2.05) is 11.9 Å². The fourth-order valence-corrected chi connectivity index (χ4v) is 1.83. The Labute approximate surface area is 101 Å². The van der Waals surface area contributed by atoms with Gasteiger partial charge in [-0.3, -0.25) is 0 Å². The van der Waals surface area contributed by atoms with Crippen molar-refractivity contribution in [3.05, 3.63) is 18.2 Å². The Morgan fingerprint density at radius 3 is 2.75 bits per heavy atom. The highest BCUT2D eigenvalue weighted by Crippen LogP contribution is 2.10. The van der Waals surface area contributed by atoms with Crippen LogP contribution in [0.3, 0.4) is 0 Å². The van der Waals surface area contributed by atoms with Crippen LogP contribution in [0.15, 0.2) is 12.4 Å². The lowest BCUT2D eigenvalue weighted by atomic mass is 10.2. The minimum atomic E-state index is -0.397. The van der Waals surface area contributed by atoms with Gasteiger partial charge in [-0.15, -0.1) is 12.4 Å². The molecular formula is C10H16ClFN4. The summed E-state index contributed by atoms with van der Waals surface area (Å²) in [5.74, 6) is 0.177. The number of aromatic nitrogens is 2. The molecule has 0 radical (unpaired) electrons. The fourth-order valence-electron chi connectivity index (χ4n) is 1.83. The molecule has 90 valence electrons. The van der Waals surface area contributed by atoms with Crippen molar-refractivity contribution in [2.45, 2.75) is 18.9 Å². The minimum Gasteiger partial charge on any atom is -0.342 e. The maximum absolute atomic E-state index is 12.6. The summed E-state index contributed by atoms with van der Waals surface area (Å²) in [4.78, 5) is 9.81. The molecule has 1 N–H and O–H groups in total. The molecule has 0 amide bonds. The second-order valence-electron chi connectivity index (χ2n) is 3.88. The molecule has 1 unspecified atom stereocenters. The Bertz CT molecular complexity index is 313. The van der Waals surface area contributed by atoms with Crippen LogP contribution in [0.2, 0.25) is 0 Å². The van der Waals surface area contributed by atoms with Crippen molar-refractivity contribution in [3.8, 4) is 0 Å². The standard InChI is InChI=1S/C10H15FN4.ClH/c1-15(7-9-3-2-4-12-9)10-13-5-8(11)6-14-10;/h5-6,9,12H,2-4,7H2,1H3;1H. The number of hydrogen-bond donors (Lipinski definition) is 1. The molecule has 0 saturated carbocycles. The average molecular weight is 247 g/mol. The van der Waals surface area contributed by atoms with E-state index in [1.165, 1.54) is 25.2 Å². The molecule has 0 aliphatic carbocycles. The predicted octanol–water partition coefficient (Wildman–Crippen LogP) is 1.23. The molecule has 2 heterocycles. The lowest BCUT2D eigenvalue weighted by molar-refractivity contribution is 0.587. The van der Waals surface area contributed by atoms with Crippen LogP contribution in [0.5, 0.6) is 0 Å². The first-order valence-corrected chi connectivity index (χ1v) is 5.18. The van der Waals surface area contributed by atoms with Crippen molar-refractivity contribution in [2.75, 3.05) is 25.0 Å². The van der Waals surface area contributed by atoms with E-state index >= 15 is 0 Å². The van der Waals surface area contributed by atoms with Crippen LogP contribution in [-0.4, -0.2) is 36.1 Å². The SMILES string of the molecule is CN(CC1CCCN1)c1ncc(F)cn1.Cl. The summed E-state index contributed by atoms with van der Waals surface area (Å²) in [6.07, 6.45) is 4.80. The molecule has 1 aromatic heterocycles. The predicted molar refractivity (Wildman–Crippen MR) is 63.5 cm³/mol. The summed E-state index contributed by atoms with van der Waals surface area (Å²) in [6.45, 7) is 1.95. The second-order valence-corrected chi connectivity index (χ2v) is 3.88. The topological polar surface area (TPSA) is 41.0 Å². The van der Waals surface area contributed by atoms with E-state index in [9.17, 15) is 4.39 Å². The van der Waals surface area contributed by atoms with Crippen LogP contribution in [0, 0.1) is 5.82 Å². The quantitative estimate of drug-likeness (QED) is 0.871. The molecule has 1 saturated heterocycles. The van der Waals surface area contributed by atoms with Gasteiger partial charge >= 0.3 is 0 Å². The zero-order chi connectivity index (χ0) is 10.7. The summed E-state index contributed by atoms with van der Waals surface area (Å²) in [5, 5.41) is 3.40. The van der Waals surface area contributed by atoms with Crippen molar-refractivity contribution in [1.29, 1.82) is 0 Å². The van der Waals surface area contributed by atoms with Gasteiger partial charge in [-0.1, -0.05) is 0 Å². The molecule has 0 aromatic carbocycles. The van der Waals surface area contributed by atoms with Crippen molar-refractivity contribution in [3.63, 3.8) is 0 Å². The van der Waals surface area contributed by atoms with E-state index in [0.717, 1.165) is 13.1 Å². The highest BCUT2D eigenvalue weighted by molar-refractivity contribution is 5.85. The van der Waals surface area contributed by atoms with Crippen LogP contribution in [0.1, 0.15) is 12.8 Å². The lowest BCUT2D eigenvalue weighted by Crippen LogP contribution is -2.36. The average Bonchev–Trinajstić information content (AvgIpc) is 2.71. The molecule has 0 spiro atoms. The molecule has 1 fully saturated rings. The van der Waals surface area contributed by atoms with E-state index in [4.69, 9.17) is 0 Å². The van der Waals surface area contributed by atoms with E-state index in [-0.39, 0.29) is 12.4 Å². The molecule has 6 heteroatoms. The van der Waals surface area contributed by atoms with Gasteiger partial charge in [0.1, 0.15) is 0 Å².